The standard InChI is InChI=1S/C5H12N2O/c1-3-4-7-5(2)8-6/h3-4,6H2,1-2H3/b7-5+. The zero-order valence-corrected chi connectivity index (χ0v) is 5.35. The summed E-state index contributed by atoms with van der Waals surface area (Å²) in [6.45, 7) is 4.58. The van der Waals surface area contributed by atoms with E-state index in [1.807, 2.05) is 6.92 Å². The van der Waals surface area contributed by atoms with Gasteiger partial charge in [0.25, 0.3) is 0 Å². The summed E-state index contributed by atoms with van der Waals surface area (Å²) in [5.41, 5.74) is 0. The van der Waals surface area contributed by atoms with Crippen LogP contribution in [0.2, 0.25) is 0 Å². The first kappa shape index (κ1) is 7.43. The first-order chi connectivity index (χ1) is 3.81. The quantitative estimate of drug-likeness (QED) is 0.328. The molecule has 0 aromatic carbocycles. The van der Waals surface area contributed by atoms with Crippen molar-refractivity contribution < 1.29 is 4.84 Å². The zero-order valence-electron chi connectivity index (χ0n) is 5.35. The van der Waals surface area contributed by atoms with Crippen LogP contribution in [0.1, 0.15) is 20.3 Å². The molecule has 8 heavy (non-hydrogen) atoms. The maximum atomic E-state index is 4.78. The molecule has 0 fully saturated rings. The van der Waals surface area contributed by atoms with Crippen LogP contribution in [-0.4, -0.2) is 12.4 Å². The number of aliphatic imine (C=N–C) groups is 1. The van der Waals surface area contributed by atoms with Gasteiger partial charge in [-0.15, -0.1) is 0 Å². The Morgan fingerprint density at radius 3 is 2.75 bits per heavy atom. The maximum absolute atomic E-state index is 4.78. The molecule has 0 aromatic rings. The molecule has 0 bridgehead atoms. The minimum Gasteiger partial charge on any atom is -0.397 e. The van der Waals surface area contributed by atoms with E-state index >= 15 is 0 Å². The summed E-state index contributed by atoms with van der Waals surface area (Å²) in [5.74, 6) is 5.33. The number of hydrogen-bond donors (Lipinski definition) is 1. The molecule has 0 aliphatic rings. The molecule has 0 aliphatic heterocycles. The van der Waals surface area contributed by atoms with Crippen LogP contribution in [0.5, 0.6) is 0 Å². The fourth-order valence-electron chi connectivity index (χ4n) is 0.307. The lowest BCUT2D eigenvalue weighted by atomic mass is 10.5. The fourth-order valence-corrected chi connectivity index (χ4v) is 0.307. The molecule has 0 aromatic heterocycles. The molecule has 0 rings (SSSR count). The van der Waals surface area contributed by atoms with E-state index in [1.54, 1.807) is 6.92 Å². The number of rotatable bonds is 2. The molecule has 0 spiro atoms. The monoisotopic (exact) mass is 116 g/mol. The van der Waals surface area contributed by atoms with Crippen LogP contribution in [0.25, 0.3) is 0 Å². The minimum absolute atomic E-state index is 0.548. The minimum atomic E-state index is 0.548. The van der Waals surface area contributed by atoms with E-state index in [0.29, 0.717) is 5.90 Å². The molecule has 0 amide bonds. The van der Waals surface area contributed by atoms with E-state index in [-0.39, 0.29) is 0 Å². The van der Waals surface area contributed by atoms with Crippen molar-refractivity contribution in [2.45, 2.75) is 20.3 Å². The van der Waals surface area contributed by atoms with Crippen LogP contribution in [0.4, 0.5) is 0 Å². The predicted molar refractivity (Wildman–Crippen MR) is 33.5 cm³/mol. The van der Waals surface area contributed by atoms with Crippen LogP contribution in [0.15, 0.2) is 4.99 Å². The van der Waals surface area contributed by atoms with Crippen molar-refractivity contribution in [1.29, 1.82) is 0 Å². The lowest BCUT2D eigenvalue weighted by molar-refractivity contribution is 0.316. The first-order valence-electron chi connectivity index (χ1n) is 2.69. The highest BCUT2D eigenvalue weighted by atomic mass is 16.6. The van der Waals surface area contributed by atoms with Crippen LogP contribution in [-0.2, 0) is 4.84 Å². The molecule has 0 saturated heterocycles. The molecule has 0 aliphatic carbocycles. The summed E-state index contributed by atoms with van der Waals surface area (Å²) in [4.78, 5) is 8.23. The summed E-state index contributed by atoms with van der Waals surface area (Å²) < 4.78 is 0. The average molecular weight is 116 g/mol. The van der Waals surface area contributed by atoms with Gasteiger partial charge in [0, 0.05) is 13.5 Å². The molecule has 3 nitrogen and oxygen atoms in total. The average Bonchev–Trinajstić information content (AvgIpc) is 1.83. The smallest absolute Gasteiger partial charge is 0.205 e. The van der Waals surface area contributed by atoms with Crippen molar-refractivity contribution in [1.82, 2.24) is 0 Å². The molecule has 3 heteroatoms. The van der Waals surface area contributed by atoms with Crippen molar-refractivity contribution in [2.75, 3.05) is 6.54 Å². The summed E-state index contributed by atoms with van der Waals surface area (Å²) in [5, 5.41) is 0. The maximum Gasteiger partial charge on any atom is 0.205 e. The molecule has 0 atom stereocenters. The van der Waals surface area contributed by atoms with E-state index in [4.69, 9.17) is 5.90 Å². The lowest BCUT2D eigenvalue weighted by Crippen LogP contribution is -2.05. The Morgan fingerprint density at radius 2 is 2.38 bits per heavy atom. The van der Waals surface area contributed by atoms with Gasteiger partial charge in [-0.1, -0.05) is 6.92 Å². The third-order valence-electron chi connectivity index (χ3n) is 0.729. The highest BCUT2D eigenvalue weighted by Crippen LogP contribution is 1.79. The van der Waals surface area contributed by atoms with E-state index in [1.165, 1.54) is 0 Å². The third kappa shape index (κ3) is 3.61. The molecule has 0 saturated carbocycles. The van der Waals surface area contributed by atoms with Crippen LogP contribution < -0.4 is 5.90 Å². The van der Waals surface area contributed by atoms with Gasteiger partial charge < -0.3 is 4.84 Å². The fraction of sp³-hybridized carbons (Fsp3) is 0.800. The summed E-state index contributed by atoms with van der Waals surface area (Å²) >= 11 is 0. The summed E-state index contributed by atoms with van der Waals surface area (Å²) in [6.07, 6.45) is 1.03. The Bertz CT molecular complexity index is 80.5. The number of nitrogens with zero attached hydrogens (tertiary/aromatic N) is 1. The van der Waals surface area contributed by atoms with Gasteiger partial charge in [0.15, 0.2) is 0 Å². The summed E-state index contributed by atoms with van der Waals surface area (Å²) in [7, 11) is 0. The van der Waals surface area contributed by atoms with Crippen molar-refractivity contribution >= 4 is 5.90 Å². The Hall–Kier alpha value is -0.570. The Kier molecular flexibility index (Phi) is 4.26. The van der Waals surface area contributed by atoms with E-state index < -0.39 is 0 Å². The van der Waals surface area contributed by atoms with Crippen molar-refractivity contribution in [2.24, 2.45) is 10.9 Å². The second-order valence-corrected chi connectivity index (χ2v) is 1.52. The van der Waals surface area contributed by atoms with Gasteiger partial charge in [-0.05, 0) is 6.42 Å². The van der Waals surface area contributed by atoms with Crippen LogP contribution in [0.3, 0.4) is 0 Å². The van der Waals surface area contributed by atoms with E-state index in [9.17, 15) is 0 Å². The van der Waals surface area contributed by atoms with E-state index in [2.05, 4.69) is 9.83 Å². The van der Waals surface area contributed by atoms with Crippen LogP contribution in [0, 0.1) is 0 Å². The highest BCUT2D eigenvalue weighted by Gasteiger charge is 1.82. The molecule has 0 radical (unpaired) electrons. The molecule has 2 N–H and O–H groups in total. The van der Waals surface area contributed by atoms with Gasteiger partial charge in [0.1, 0.15) is 0 Å². The second-order valence-electron chi connectivity index (χ2n) is 1.52. The molecule has 0 unspecified atom stereocenters. The second kappa shape index (κ2) is 4.59. The SMILES string of the molecule is CCC/N=C(\C)ON. The normalized spacial score (nSPS) is 11.6. The molecule has 0 heterocycles. The Balaban J connectivity index is 3.26. The van der Waals surface area contributed by atoms with Crippen molar-refractivity contribution in [3.8, 4) is 0 Å². The molecular formula is C5H12N2O. The molecular weight excluding hydrogens is 104 g/mol. The third-order valence-corrected chi connectivity index (χ3v) is 0.729. The summed E-state index contributed by atoms with van der Waals surface area (Å²) in [6, 6.07) is 0. The van der Waals surface area contributed by atoms with E-state index in [0.717, 1.165) is 13.0 Å². The van der Waals surface area contributed by atoms with Crippen molar-refractivity contribution in [3.05, 3.63) is 0 Å². The van der Waals surface area contributed by atoms with Gasteiger partial charge in [-0.2, -0.15) is 5.90 Å². The van der Waals surface area contributed by atoms with Gasteiger partial charge in [0.2, 0.25) is 5.90 Å². The molecule has 48 valence electrons. The van der Waals surface area contributed by atoms with Crippen molar-refractivity contribution in [3.63, 3.8) is 0 Å². The van der Waals surface area contributed by atoms with Gasteiger partial charge >= 0.3 is 0 Å². The van der Waals surface area contributed by atoms with Gasteiger partial charge in [0.05, 0.1) is 0 Å². The lowest BCUT2D eigenvalue weighted by Gasteiger charge is -1.93. The largest absolute Gasteiger partial charge is 0.397 e. The van der Waals surface area contributed by atoms with Gasteiger partial charge in [-0.3, -0.25) is 4.99 Å². The highest BCUT2D eigenvalue weighted by molar-refractivity contribution is 5.72. The Morgan fingerprint density at radius 1 is 1.75 bits per heavy atom. The van der Waals surface area contributed by atoms with Crippen LogP contribution >= 0.6 is 0 Å². The first-order valence-corrected chi connectivity index (χ1v) is 2.69. The topological polar surface area (TPSA) is 47.6 Å². The van der Waals surface area contributed by atoms with Gasteiger partial charge in [-0.25, -0.2) is 0 Å². The zero-order chi connectivity index (χ0) is 6.41. The number of nitrogens with two attached hydrogens (primary N) is 1. The predicted octanol–water partition coefficient (Wildman–Crippen LogP) is 0.705. The Labute approximate surface area is 49.5 Å². The number of hydrogen-bond acceptors (Lipinski definition) is 3.